The average Bonchev–Trinajstić information content (AvgIpc) is 2.48. The molecule has 2 aromatic rings. The lowest BCUT2D eigenvalue weighted by Crippen LogP contribution is -2.11. The van der Waals surface area contributed by atoms with E-state index in [1.807, 2.05) is 48.5 Å². The largest absolute Gasteiger partial charge is 0.490 e. The summed E-state index contributed by atoms with van der Waals surface area (Å²) in [4.78, 5) is 0. The lowest BCUT2D eigenvalue weighted by atomic mass is 10.1. The predicted molar refractivity (Wildman–Crippen MR) is 81.6 cm³/mol. The van der Waals surface area contributed by atoms with Crippen molar-refractivity contribution in [1.82, 2.24) is 0 Å². The van der Waals surface area contributed by atoms with Crippen LogP contribution in [0.5, 0.6) is 11.5 Å². The SMILES string of the molecule is NCCc1c(Cl)cccc1OCCOc1ccccc1. The zero-order valence-corrected chi connectivity index (χ0v) is 12.0. The normalized spacial score (nSPS) is 10.3. The number of nitrogens with two attached hydrogens (primary N) is 1. The van der Waals surface area contributed by atoms with Crippen molar-refractivity contribution in [2.24, 2.45) is 5.73 Å². The fraction of sp³-hybridized carbons (Fsp3) is 0.250. The molecule has 0 amide bonds. The summed E-state index contributed by atoms with van der Waals surface area (Å²) in [6.07, 6.45) is 0.703. The quantitative estimate of drug-likeness (QED) is 0.796. The fourth-order valence-electron chi connectivity index (χ4n) is 1.89. The minimum absolute atomic E-state index is 0.465. The molecule has 0 bridgehead atoms. The number of hydrogen-bond acceptors (Lipinski definition) is 3. The van der Waals surface area contributed by atoms with Gasteiger partial charge in [-0.25, -0.2) is 0 Å². The molecule has 0 aliphatic rings. The number of para-hydroxylation sites is 1. The van der Waals surface area contributed by atoms with E-state index >= 15 is 0 Å². The number of benzene rings is 2. The first kappa shape index (κ1) is 14.7. The molecule has 2 rings (SSSR count). The third-order valence-electron chi connectivity index (χ3n) is 2.82. The third-order valence-corrected chi connectivity index (χ3v) is 3.18. The number of rotatable bonds is 7. The topological polar surface area (TPSA) is 44.5 Å². The van der Waals surface area contributed by atoms with E-state index < -0.39 is 0 Å². The number of hydrogen-bond donors (Lipinski definition) is 1. The first-order chi connectivity index (χ1) is 9.81. The van der Waals surface area contributed by atoms with Crippen LogP contribution in [0.15, 0.2) is 48.5 Å². The highest BCUT2D eigenvalue weighted by molar-refractivity contribution is 6.31. The van der Waals surface area contributed by atoms with Crippen molar-refractivity contribution >= 4 is 11.6 Å². The molecule has 0 unspecified atom stereocenters. The van der Waals surface area contributed by atoms with Gasteiger partial charge in [0.1, 0.15) is 24.7 Å². The predicted octanol–water partition coefficient (Wildman–Crippen LogP) is 3.30. The second-order valence-electron chi connectivity index (χ2n) is 4.27. The van der Waals surface area contributed by atoms with Crippen LogP contribution in [0.2, 0.25) is 5.02 Å². The van der Waals surface area contributed by atoms with Crippen molar-refractivity contribution < 1.29 is 9.47 Å². The summed E-state index contributed by atoms with van der Waals surface area (Å²) in [5.74, 6) is 1.61. The van der Waals surface area contributed by atoms with E-state index in [0.717, 1.165) is 17.1 Å². The number of ether oxygens (including phenoxy) is 2. The summed E-state index contributed by atoms with van der Waals surface area (Å²) in [6.45, 7) is 1.49. The zero-order chi connectivity index (χ0) is 14.2. The van der Waals surface area contributed by atoms with Crippen LogP contribution in [0.1, 0.15) is 5.56 Å². The minimum atomic E-state index is 0.465. The van der Waals surface area contributed by atoms with Gasteiger partial charge in [0.2, 0.25) is 0 Å². The summed E-state index contributed by atoms with van der Waals surface area (Å²) in [5, 5.41) is 0.692. The lowest BCUT2D eigenvalue weighted by Gasteiger charge is -2.13. The van der Waals surface area contributed by atoms with Crippen molar-refractivity contribution in [3.8, 4) is 11.5 Å². The first-order valence-corrected chi connectivity index (χ1v) is 6.97. The molecule has 0 radical (unpaired) electrons. The molecule has 0 aliphatic carbocycles. The van der Waals surface area contributed by atoms with E-state index in [2.05, 4.69) is 0 Å². The molecule has 20 heavy (non-hydrogen) atoms. The van der Waals surface area contributed by atoms with E-state index in [4.69, 9.17) is 26.8 Å². The Kier molecular flexibility index (Phi) is 5.71. The molecule has 2 N–H and O–H groups in total. The fourth-order valence-corrected chi connectivity index (χ4v) is 2.15. The molecule has 106 valence electrons. The van der Waals surface area contributed by atoms with Crippen LogP contribution >= 0.6 is 11.6 Å². The highest BCUT2D eigenvalue weighted by Gasteiger charge is 2.07. The van der Waals surface area contributed by atoms with Crippen LogP contribution in [0.25, 0.3) is 0 Å². The Morgan fingerprint density at radius 3 is 2.40 bits per heavy atom. The van der Waals surface area contributed by atoms with Gasteiger partial charge in [-0.1, -0.05) is 35.9 Å². The van der Waals surface area contributed by atoms with Gasteiger partial charge in [0.05, 0.1) is 0 Å². The van der Waals surface area contributed by atoms with Crippen LogP contribution in [0.4, 0.5) is 0 Å². The van der Waals surface area contributed by atoms with E-state index in [1.54, 1.807) is 0 Å². The van der Waals surface area contributed by atoms with Crippen molar-refractivity contribution in [2.75, 3.05) is 19.8 Å². The Bertz CT molecular complexity index is 531. The van der Waals surface area contributed by atoms with E-state index in [-0.39, 0.29) is 0 Å². The Balaban J connectivity index is 1.86. The van der Waals surface area contributed by atoms with Gasteiger partial charge in [-0.2, -0.15) is 0 Å². The summed E-state index contributed by atoms with van der Waals surface area (Å²) in [5.41, 5.74) is 6.55. The average molecular weight is 292 g/mol. The molecule has 0 saturated heterocycles. The Morgan fingerprint density at radius 2 is 1.65 bits per heavy atom. The summed E-state index contributed by atoms with van der Waals surface area (Å²) >= 11 is 6.15. The standard InChI is InChI=1S/C16H18ClNO2/c17-15-7-4-8-16(14(15)9-10-18)20-12-11-19-13-5-2-1-3-6-13/h1-8H,9-12,18H2. The molecule has 0 spiro atoms. The van der Waals surface area contributed by atoms with Gasteiger partial charge in [-0.05, 0) is 37.2 Å². The van der Waals surface area contributed by atoms with Crippen molar-refractivity contribution in [1.29, 1.82) is 0 Å². The van der Waals surface area contributed by atoms with Crippen LogP contribution in [0, 0.1) is 0 Å². The van der Waals surface area contributed by atoms with Crippen LogP contribution in [-0.2, 0) is 6.42 Å². The molecule has 0 aromatic heterocycles. The van der Waals surface area contributed by atoms with Crippen LogP contribution in [0.3, 0.4) is 0 Å². The molecular weight excluding hydrogens is 274 g/mol. The summed E-state index contributed by atoms with van der Waals surface area (Å²) in [7, 11) is 0. The van der Waals surface area contributed by atoms with Crippen molar-refractivity contribution in [3.05, 3.63) is 59.1 Å². The van der Waals surface area contributed by atoms with Crippen molar-refractivity contribution in [3.63, 3.8) is 0 Å². The maximum absolute atomic E-state index is 6.15. The third kappa shape index (κ3) is 4.15. The van der Waals surface area contributed by atoms with E-state index in [1.165, 1.54) is 0 Å². The van der Waals surface area contributed by atoms with Gasteiger partial charge in [0.15, 0.2) is 0 Å². The smallest absolute Gasteiger partial charge is 0.124 e. The highest BCUT2D eigenvalue weighted by atomic mass is 35.5. The van der Waals surface area contributed by atoms with Gasteiger partial charge in [0, 0.05) is 10.6 Å². The van der Waals surface area contributed by atoms with Crippen molar-refractivity contribution in [2.45, 2.75) is 6.42 Å². The van der Waals surface area contributed by atoms with Gasteiger partial charge >= 0.3 is 0 Å². The Morgan fingerprint density at radius 1 is 0.900 bits per heavy atom. The Hall–Kier alpha value is -1.71. The number of halogens is 1. The summed E-state index contributed by atoms with van der Waals surface area (Å²) < 4.78 is 11.3. The summed E-state index contributed by atoms with van der Waals surface area (Å²) in [6, 6.07) is 15.3. The maximum Gasteiger partial charge on any atom is 0.124 e. The zero-order valence-electron chi connectivity index (χ0n) is 11.2. The monoisotopic (exact) mass is 291 g/mol. The molecule has 0 atom stereocenters. The molecule has 0 saturated carbocycles. The molecule has 0 heterocycles. The molecule has 3 nitrogen and oxygen atoms in total. The second-order valence-corrected chi connectivity index (χ2v) is 4.67. The van der Waals surface area contributed by atoms with Gasteiger partial charge < -0.3 is 15.2 Å². The highest BCUT2D eigenvalue weighted by Crippen LogP contribution is 2.26. The van der Waals surface area contributed by atoms with Gasteiger partial charge in [-0.3, -0.25) is 0 Å². The molecule has 0 fully saturated rings. The molecular formula is C16H18ClNO2. The van der Waals surface area contributed by atoms with Gasteiger partial charge in [0.25, 0.3) is 0 Å². The first-order valence-electron chi connectivity index (χ1n) is 6.59. The maximum atomic E-state index is 6.15. The van der Waals surface area contributed by atoms with E-state index in [0.29, 0.717) is 31.2 Å². The minimum Gasteiger partial charge on any atom is -0.490 e. The molecule has 4 heteroatoms. The van der Waals surface area contributed by atoms with Crippen LogP contribution < -0.4 is 15.2 Å². The lowest BCUT2D eigenvalue weighted by molar-refractivity contribution is 0.216. The molecule has 2 aromatic carbocycles. The second kappa shape index (κ2) is 7.78. The Labute approximate surface area is 124 Å². The molecule has 0 aliphatic heterocycles. The van der Waals surface area contributed by atoms with Crippen LogP contribution in [-0.4, -0.2) is 19.8 Å². The van der Waals surface area contributed by atoms with E-state index in [9.17, 15) is 0 Å². The van der Waals surface area contributed by atoms with Gasteiger partial charge in [-0.15, -0.1) is 0 Å².